The number of carbonyl (C=O) groups is 2. The van der Waals surface area contributed by atoms with E-state index >= 15 is 0 Å². The van der Waals surface area contributed by atoms with Crippen LogP contribution in [-0.2, 0) is 14.3 Å². The minimum Gasteiger partial charge on any atom is -0.381 e. The fraction of sp³-hybridized carbons (Fsp3) is 0.556. The highest BCUT2D eigenvalue weighted by Crippen LogP contribution is 2.39. The van der Waals surface area contributed by atoms with Crippen molar-refractivity contribution in [1.82, 2.24) is 4.90 Å². The maximum absolute atomic E-state index is 12.9. The Kier molecular flexibility index (Phi) is 4.93. The van der Waals surface area contributed by atoms with Crippen molar-refractivity contribution in [3.8, 4) is 0 Å². The number of fused-ring (bicyclic) bond motifs is 1. The van der Waals surface area contributed by atoms with E-state index in [1.54, 1.807) is 12.1 Å². The molecule has 25 heavy (non-hydrogen) atoms. The number of thioether (sulfide) groups is 1. The molecule has 1 aliphatic carbocycles. The van der Waals surface area contributed by atoms with Crippen LogP contribution in [0.25, 0.3) is 0 Å². The van der Waals surface area contributed by atoms with E-state index in [1.165, 1.54) is 11.8 Å². The average molecular weight is 381 g/mol. The van der Waals surface area contributed by atoms with Crippen LogP contribution in [0.5, 0.6) is 0 Å². The zero-order valence-corrected chi connectivity index (χ0v) is 15.4. The van der Waals surface area contributed by atoms with Crippen molar-refractivity contribution in [2.24, 2.45) is 5.92 Å². The van der Waals surface area contributed by atoms with E-state index in [0.29, 0.717) is 17.0 Å². The van der Waals surface area contributed by atoms with Gasteiger partial charge >= 0.3 is 0 Å². The van der Waals surface area contributed by atoms with Crippen LogP contribution >= 0.6 is 23.4 Å². The molecule has 3 aliphatic rings. The third-order valence-electron chi connectivity index (χ3n) is 4.91. The molecule has 1 saturated heterocycles. The Morgan fingerprint density at radius 1 is 1.36 bits per heavy atom. The number of nitrogens with zero attached hydrogens (tertiary/aromatic N) is 1. The van der Waals surface area contributed by atoms with Crippen molar-refractivity contribution >= 4 is 40.9 Å². The van der Waals surface area contributed by atoms with Crippen LogP contribution in [-0.4, -0.2) is 47.8 Å². The van der Waals surface area contributed by atoms with Crippen molar-refractivity contribution in [3.63, 3.8) is 0 Å². The maximum atomic E-state index is 12.9. The number of halogens is 1. The van der Waals surface area contributed by atoms with Gasteiger partial charge in [-0.15, -0.1) is 11.8 Å². The van der Waals surface area contributed by atoms with Gasteiger partial charge in [-0.05, 0) is 37.5 Å². The molecule has 4 rings (SSSR count). The summed E-state index contributed by atoms with van der Waals surface area (Å²) in [5, 5.41) is 3.08. The second kappa shape index (κ2) is 7.17. The van der Waals surface area contributed by atoms with Crippen LogP contribution < -0.4 is 5.32 Å². The molecule has 2 amide bonds. The first-order chi connectivity index (χ1) is 12.1. The van der Waals surface area contributed by atoms with E-state index in [2.05, 4.69) is 5.32 Å². The van der Waals surface area contributed by atoms with Gasteiger partial charge in [0.2, 0.25) is 11.8 Å². The highest BCUT2D eigenvalue weighted by molar-refractivity contribution is 8.01. The van der Waals surface area contributed by atoms with Gasteiger partial charge in [-0.3, -0.25) is 9.59 Å². The molecule has 1 saturated carbocycles. The fourth-order valence-corrected chi connectivity index (χ4v) is 4.63. The van der Waals surface area contributed by atoms with Gasteiger partial charge < -0.3 is 15.0 Å². The van der Waals surface area contributed by atoms with Crippen molar-refractivity contribution in [2.75, 3.05) is 25.1 Å². The average Bonchev–Trinajstić information content (AvgIpc) is 3.29. The van der Waals surface area contributed by atoms with Crippen LogP contribution in [0.15, 0.2) is 23.1 Å². The highest BCUT2D eigenvalue weighted by Gasteiger charge is 2.37. The molecule has 0 aromatic heterocycles. The number of hydrogen-bond acceptors (Lipinski definition) is 4. The SMILES string of the molecule is O=C1Nc2cc(Cl)ccc2S[C@H]1CC(=O)N(C[C@H]1CCOC1)C1CC1. The Bertz CT molecular complexity index is 689. The number of ether oxygens (including phenoxy) is 1. The monoisotopic (exact) mass is 380 g/mol. The van der Waals surface area contributed by atoms with E-state index in [9.17, 15) is 9.59 Å². The van der Waals surface area contributed by atoms with Crippen LogP contribution in [0.3, 0.4) is 0 Å². The van der Waals surface area contributed by atoms with Gasteiger partial charge in [0.05, 0.1) is 17.5 Å². The summed E-state index contributed by atoms with van der Waals surface area (Å²) < 4.78 is 5.44. The summed E-state index contributed by atoms with van der Waals surface area (Å²) in [6, 6.07) is 5.81. The normalized spacial score (nSPS) is 25.4. The Hall–Kier alpha value is -1.24. The standard InChI is InChI=1S/C18H21ClN2O3S/c19-12-1-4-15-14(7-12)20-18(23)16(25-15)8-17(22)21(13-2-3-13)9-11-5-6-24-10-11/h1,4,7,11,13,16H,2-3,5-6,8-10H2,(H,20,23)/t11-,16+/m1/s1. The molecule has 2 heterocycles. The molecular weight excluding hydrogens is 360 g/mol. The second-order valence-corrected chi connectivity index (χ2v) is 8.63. The Labute approximate surface area is 156 Å². The van der Waals surface area contributed by atoms with Crippen LogP contribution in [0.2, 0.25) is 5.02 Å². The fourth-order valence-electron chi connectivity index (χ4n) is 3.38. The summed E-state index contributed by atoms with van der Waals surface area (Å²) in [5.74, 6) is 0.396. The first kappa shape index (κ1) is 17.2. The lowest BCUT2D eigenvalue weighted by molar-refractivity contribution is -0.133. The lowest BCUT2D eigenvalue weighted by Crippen LogP contribution is -2.41. The summed E-state index contributed by atoms with van der Waals surface area (Å²) in [6.07, 6.45) is 3.40. The molecule has 5 nitrogen and oxygen atoms in total. The number of amides is 2. The van der Waals surface area contributed by atoms with Crippen LogP contribution in [0, 0.1) is 5.92 Å². The van der Waals surface area contributed by atoms with Gasteiger partial charge in [0.1, 0.15) is 0 Å². The van der Waals surface area contributed by atoms with Crippen molar-refractivity contribution in [2.45, 2.75) is 41.9 Å². The summed E-state index contributed by atoms with van der Waals surface area (Å²) in [6.45, 7) is 2.29. The number of rotatable bonds is 5. The van der Waals surface area contributed by atoms with Gasteiger partial charge in [-0.25, -0.2) is 0 Å². The molecule has 2 fully saturated rings. The van der Waals surface area contributed by atoms with E-state index in [1.807, 2.05) is 11.0 Å². The van der Waals surface area contributed by atoms with Gasteiger partial charge in [0.15, 0.2) is 0 Å². The Balaban J connectivity index is 1.42. The molecule has 134 valence electrons. The molecule has 7 heteroatoms. The highest BCUT2D eigenvalue weighted by atomic mass is 35.5. The summed E-state index contributed by atoms with van der Waals surface area (Å²) in [5.41, 5.74) is 0.730. The minimum atomic E-state index is -0.387. The molecule has 1 aromatic rings. The summed E-state index contributed by atoms with van der Waals surface area (Å²) in [4.78, 5) is 28.2. The number of anilines is 1. The molecule has 0 unspecified atom stereocenters. The predicted molar refractivity (Wildman–Crippen MR) is 98.0 cm³/mol. The molecule has 2 aliphatic heterocycles. The smallest absolute Gasteiger partial charge is 0.238 e. The second-order valence-electron chi connectivity index (χ2n) is 6.95. The van der Waals surface area contributed by atoms with E-state index in [0.717, 1.165) is 49.6 Å². The van der Waals surface area contributed by atoms with Gasteiger partial charge in [0, 0.05) is 41.5 Å². The molecule has 0 bridgehead atoms. The van der Waals surface area contributed by atoms with E-state index in [4.69, 9.17) is 16.3 Å². The number of nitrogens with one attached hydrogen (secondary N) is 1. The van der Waals surface area contributed by atoms with Crippen LogP contribution in [0.1, 0.15) is 25.7 Å². The van der Waals surface area contributed by atoms with Crippen LogP contribution in [0.4, 0.5) is 5.69 Å². The first-order valence-electron chi connectivity index (χ1n) is 8.74. The Morgan fingerprint density at radius 3 is 2.92 bits per heavy atom. The molecule has 2 atom stereocenters. The lowest BCUT2D eigenvalue weighted by Gasteiger charge is -2.29. The summed E-state index contributed by atoms with van der Waals surface area (Å²) in [7, 11) is 0. The number of benzene rings is 1. The van der Waals surface area contributed by atoms with Gasteiger partial charge in [0.25, 0.3) is 0 Å². The third kappa shape index (κ3) is 3.96. The summed E-state index contributed by atoms with van der Waals surface area (Å²) >= 11 is 7.43. The van der Waals surface area contributed by atoms with Gasteiger partial charge in [-0.1, -0.05) is 11.6 Å². The van der Waals surface area contributed by atoms with Crippen molar-refractivity contribution < 1.29 is 14.3 Å². The lowest BCUT2D eigenvalue weighted by atomic mass is 10.1. The molecule has 0 spiro atoms. The molecule has 1 aromatic carbocycles. The van der Waals surface area contributed by atoms with E-state index in [-0.39, 0.29) is 23.5 Å². The maximum Gasteiger partial charge on any atom is 0.238 e. The molecule has 1 N–H and O–H groups in total. The zero-order chi connectivity index (χ0) is 17.4. The number of hydrogen-bond donors (Lipinski definition) is 1. The topological polar surface area (TPSA) is 58.6 Å². The Morgan fingerprint density at radius 2 is 2.20 bits per heavy atom. The first-order valence-corrected chi connectivity index (χ1v) is 10.00. The third-order valence-corrected chi connectivity index (χ3v) is 6.42. The van der Waals surface area contributed by atoms with Gasteiger partial charge in [-0.2, -0.15) is 0 Å². The molecule has 0 radical (unpaired) electrons. The zero-order valence-electron chi connectivity index (χ0n) is 13.9. The predicted octanol–water partition coefficient (Wildman–Crippen LogP) is 3.17. The quantitative estimate of drug-likeness (QED) is 0.852. The van der Waals surface area contributed by atoms with Crippen molar-refractivity contribution in [1.29, 1.82) is 0 Å². The largest absolute Gasteiger partial charge is 0.381 e. The molecular formula is C18H21ClN2O3S. The van der Waals surface area contributed by atoms with E-state index < -0.39 is 0 Å². The van der Waals surface area contributed by atoms with Crippen molar-refractivity contribution in [3.05, 3.63) is 23.2 Å². The number of carbonyl (C=O) groups excluding carboxylic acids is 2. The minimum absolute atomic E-state index is 0.0828.